The second kappa shape index (κ2) is 7.97. The molecule has 0 saturated carbocycles. The fraction of sp³-hybridized carbons (Fsp3) is 0.143. The Morgan fingerprint density at radius 1 is 0.312 bits per heavy atom. The van der Waals surface area contributed by atoms with Crippen molar-refractivity contribution in [3.8, 4) is 0 Å². The molecule has 0 amide bonds. The Kier molecular flexibility index (Phi) is 4.98. The van der Waals surface area contributed by atoms with Crippen molar-refractivity contribution in [2.24, 2.45) is 0 Å². The summed E-state index contributed by atoms with van der Waals surface area (Å²) in [5.74, 6) is 0. The van der Waals surface area contributed by atoms with Gasteiger partial charge >= 0.3 is 0 Å². The first-order valence-electron chi connectivity index (χ1n) is 10.9. The van der Waals surface area contributed by atoms with Gasteiger partial charge in [-0.2, -0.15) is 0 Å². The van der Waals surface area contributed by atoms with E-state index in [0.29, 0.717) is 0 Å². The molecule has 0 N–H and O–H groups in total. The molecule has 0 unspecified atom stereocenters. The molecule has 0 aliphatic carbocycles. The van der Waals surface area contributed by atoms with Crippen LogP contribution in [-0.4, -0.2) is 28.2 Å². The average molecular weight is 421 g/mol. The maximum atomic E-state index is 2.24. The molecule has 1 heterocycles. The van der Waals surface area contributed by atoms with Gasteiger partial charge in [-0.3, -0.25) is 0 Å². The summed E-state index contributed by atoms with van der Waals surface area (Å²) >= 11 is 0. The van der Waals surface area contributed by atoms with Crippen LogP contribution < -0.4 is 19.6 Å². The van der Waals surface area contributed by atoms with Crippen LogP contribution in [0.2, 0.25) is 0 Å². The first kappa shape index (κ1) is 20.0. The lowest BCUT2D eigenvalue weighted by Gasteiger charge is -2.28. The van der Waals surface area contributed by atoms with Crippen LogP contribution in [0.15, 0.2) is 97.1 Å². The number of rotatable bonds is 0. The number of hydrogen-bond acceptors (Lipinski definition) is 4. The summed E-state index contributed by atoms with van der Waals surface area (Å²) in [5, 5.41) is 0. The number of anilines is 8. The van der Waals surface area contributed by atoms with E-state index in [0.717, 1.165) is 45.5 Å². The third-order valence-electron chi connectivity index (χ3n) is 6.42. The van der Waals surface area contributed by atoms with Crippen LogP contribution in [0.3, 0.4) is 0 Å². The van der Waals surface area contributed by atoms with Crippen LogP contribution in [0, 0.1) is 0 Å². The summed E-state index contributed by atoms with van der Waals surface area (Å²) in [6.07, 6.45) is 0. The number of benzene rings is 4. The van der Waals surface area contributed by atoms with E-state index in [-0.39, 0.29) is 0 Å². The molecule has 32 heavy (non-hydrogen) atoms. The highest BCUT2D eigenvalue weighted by Gasteiger charge is 2.14. The molecular weight excluding hydrogens is 392 g/mol. The zero-order chi connectivity index (χ0) is 22.2. The summed E-state index contributed by atoms with van der Waals surface area (Å²) in [5.41, 5.74) is 9.20. The molecule has 4 aromatic rings. The van der Waals surface area contributed by atoms with Gasteiger partial charge in [0.2, 0.25) is 0 Å². The molecule has 1 aliphatic rings. The Hall–Kier alpha value is -3.92. The van der Waals surface area contributed by atoms with Crippen LogP contribution in [-0.2, 0) is 0 Å². The Morgan fingerprint density at radius 2 is 0.469 bits per heavy atom. The maximum Gasteiger partial charge on any atom is 0.0429 e. The summed E-state index contributed by atoms with van der Waals surface area (Å²) in [7, 11) is 8.49. The predicted molar refractivity (Wildman–Crippen MR) is 138 cm³/mol. The minimum absolute atomic E-state index is 1.15. The zero-order valence-corrected chi connectivity index (χ0v) is 19.0. The molecule has 0 radical (unpaired) electrons. The second-order valence-electron chi connectivity index (χ2n) is 8.32. The quantitative estimate of drug-likeness (QED) is 0.301. The van der Waals surface area contributed by atoms with Crippen LogP contribution in [0.5, 0.6) is 0 Å². The second-order valence-corrected chi connectivity index (χ2v) is 8.32. The average Bonchev–Trinajstić information content (AvgIpc) is 2.86. The highest BCUT2D eigenvalue weighted by Crippen LogP contribution is 2.36. The van der Waals surface area contributed by atoms with Crippen molar-refractivity contribution in [3.05, 3.63) is 97.1 Å². The van der Waals surface area contributed by atoms with Crippen molar-refractivity contribution in [2.75, 3.05) is 47.8 Å². The molecule has 0 atom stereocenters. The lowest BCUT2D eigenvalue weighted by atomic mass is 10.1. The van der Waals surface area contributed by atoms with Gasteiger partial charge in [-0.15, -0.1) is 0 Å². The van der Waals surface area contributed by atoms with E-state index in [1.54, 1.807) is 0 Å². The van der Waals surface area contributed by atoms with Crippen molar-refractivity contribution in [1.82, 2.24) is 0 Å². The van der Waals surface area contributed by atoms with Crippen molar-refractivity contribution in [1.29, 1.82) is 0 Å². The first-order chi connectivity index (χ1) is 15.5. The molecule has 0 spiro atoms. The van der Waals surface area contributed by atoms with Gasteiger partial charge in [0.1, 0.15) is 0 Å². The van der Waals surface area contributed by atoms with E-state index in [9.17, 15) is 0 Å². The third-order valence-corrected chi connectivity index (χ3v) is 6.42. The fourth-order valence-corrected chi connectivity index (χ4v) is 4.24. The SMILES string of the molecule is CN1c2cccc(c2)N(C)c2cccc(c2)N(C)c2cccc(c2)N(C)c2cccc1c2. The van der Waals surface area contributed by atoms with Gasteiger partial charge in [-0.1, -0.05) is 24.3 Å². The van der Waals surface area contributed by atoms with Gasteiger partial charge in [0.25, 0.3) is 0 Å². The molecule has 1 aliphatic heterocycles. The topological polar surface area (TPSA) is 13.0 Å². The van der Waals surface area contributed by atoms with Gasteiger partial charge in [-0.05, 0) is 72.8 Å². The molecule has 8 bridgehead atoms. The summed E-state index contributed by atoms with van der Waals surface area (Å²) in [6, 6.07) is 34.7. The largest absolute Gasteiger partial charge is 0.344 e. The summed E-state index contributed by atoms with van der Waals surface area (Å²) in [6.45, 7) is 0. The van der Waals surface area contributed by atoms with Crippen LogP contribution in [0.4, 0.5) is 45.5 Å². The Bertz CT molecular complexity index is 991. The van der Waals surface area contributed by atoms with E-state index in [4.69, 9.17) is 0 Å². The molecule has 0 fully saturated rings. The van der Waals surface area contributed by atoms with Crippen LogP contribution in [0.25, 0.3) is 0 Å². The number of nitrogens with zero attached hydrogens (tertiary/aromatic N) is 4. The number of fused-ring (bicyclic) bond motifs is 8. The van der Waals surface area contributed by atoms with E-state index >= 15 is 0 Å². The minimum atomic E-state index is 1.15. The molecule has 5 rings (SSSR count). The summed E-state index contributed by atoms with van der Waals surface area (Å²) < 4.78 is 0. The molecule has 160 valence electrons. The molecule has 4 heteroatoms. The van der Waals surface area contributed by atoms with Crippen molar-refractivity contribution in [2.45, 2.75) is 0 Å². The highest BCUT2D eigenvalue weighted by molar-refractivity contribution is 5.78. The Balaban J connectivity index is 1.72. The molecular formula is C28H28N4. The minimum Gasteiger partial charge on any atom is -0.344 e. The van der Waals surface area contributed by atoms with Crippen LogP contribution >= 0.6 is 0 Å². The molecule has 4 nitrogen and oxygen atoms in total. The maximum absolute atomic E-state index is 2.24. The summed E-state index contributed by atoms with van der Waals surface area (Å²) in [4.78, 5) is 8.95. The van der Waals surface area contributed by atoms with Crippen molar-refractivity contribution < 1.29 is 0 Å². The van der Waals surface area contributed by atoms with Crippen molar-refractivity contribution in [3.63, 3.8) is 0 Å². The van der Waals surface area contributed by atoms with E-state index < -0.39 is 0 Å². The predicted octanol–water partition coefficient (Wildman–Crippen LogP) is 7.07. The van der Waals surface area contributed by atoms with Gasteiger partial charge in [0.15, 0.2) is 0 Å². The fourth-order valence-electron chi connectivity index (χ4n) is 4.24. The van der Waals surface area contributed by atoms with Gasteiger partial charge in [-0.25, -0.2) is 0 Å². The van der Waals surface area contributed by atoms with E-state index in [1.807, 2.05) is 0 Å². The zero-order valence-electron chi connectivity index (χ0n) is 19.0. The monoisotopic (exact) mass is 420 g/mol. The molecule has 0 saturated heterocycles. The van der Waals surface area contributed by atoms with Crippen LogP contribution in [0.1, 0.15) is 0 Å². The standard InChI is InChI=1S/C28H28N4/c1-29-21-9-5-11-23(17-21)30(2)25-13-7-15-27(19-25)32(4)28-16-8-14-26(20-28)31(3)24-12-6-10-22(29)18-24/h5-20H,1-4H3. The highest BCUT2D eigenvalue weighted by atomic mass is 15.2. The molecule has 0 aromatic heterocycles. The lowest BCUT2D eigenvalue weighted by Crippen LogP contribution is -2.16. The number of hydrogen-bond donors (Lipinski definition) is 0. The normalized spacial score (nSPS) is 13.4. The van der Waals surface area contributed by atoms with Gasteiger partial charge in [0, 0.05) is 73.7 Å². The third kappa shape index (κ3) is 3.54. The lowest BCUT2D eigenvalue weighted by molar-refractivity contribution is 1.15. The van der Waals surface area contributed by atoms with Gasteiger partial charge in [0.05, 0.1) is 0 Å². The smallest absolute Gasteiger partial charge is 0.0429 e. The van der Waals surface area contributed by atoms with Gasteiger partial charge < -0.3 is 19.6 Å². The van der Waals surface area contributed by atoms with E-state index in [2.05, 4.69) is 145 Å². The van der Waals surface area contributed by atoms with Crippen molar-refractivity contribution >= 4 is 45.5 Å². The Morgan fingerprint density at radius 3 is 0.625 bits per heavy atom. The van der Waals surface area contributed by atoms with E-state index in [1.165, 1.54) is 0 Å². The molecule has 4 aromatic carbocycles. The Labute approximate surface area is 190 Å². The first-order valence-corrected chi connectivity index (χ1v) is 10.9.